The smallest absolute Gasteiger partial charge is 0.242 e. The number of hydrogen-bond donors (Lipinski definition) is 1. The van der Waals surface area contributed by atoms with E-state index in [1.807, 2.05) is 31.2 Å². The van der Waals surface area contributed by atoms with E-state index in [4.69, 9.17) is 11.6 Å². The maximum Gasteiger partial charge on any atom is 0.242 e. The highest BCUT2D eigenvalue weighted by Gasteiger charge is 2.25. The first kappa shape index (κ1) is 19.9. The summed E-state index contributed by atoms with van der Waals surface area (Å²) in [5.41, 5.74) is 1.90. The summed E-state index contributed by atoms with van der Waals surface area (Å²) >= 11 is 5.92. The van der Waals surface area contributed by atoms with Crippen LogP contribution in [0.5, 0.6) is 0 Å². The molecule has 0 aliphatic heterocycles. The summed E-state index contributed by atoms with van der Waals surface area (Å²) in [6, 6.07) is 10.4. The molecule has 138 valence electrons. The second-order valence-corrected chi connectivity index (χ2v) is 6.58. The van der Waals surface area contributed by atoms with E-state index < -0.39 is 6.04 Å². The molecule has 1 heterocycles. The Morgan fingerprint density at radius 3 is 2.38 bits per heavy atom. The van der Waals surface area contributed by atoms with E-state index in [2.05, 4.69) is 10.3 Å². The summed E-state index contributed by atoms with van der Waals surface area (Å²) in [5.74, 6) is -0.214. The normalized spacial score (nSPS) is 11.7. The molecule has 0 unspecified atom stereocenters. The lowest BCUT2D eigenvalue weighted by Crippen LogP contribution is -2.47. The monoisotopic (exact) mass is 373 g/mol. The fraction of sp³-hybridized carbons (Fsp3) is 0.350. The standard InChI is InChI=1S/C20H24ClN3O2/c1-3-4-19(25)24(14-17-5-7-18(21)8-6-17)15(2)20(26)23-13-16-9-11-22-12-10-16/h5-12,15H,3-4,13-14H2,1-2H3,(H,23,26)/t15-/m0/s1. The van der Waals surface area contributed by atoms with Crippen LogP contribution in [-0.2, 0) is 22.7 Å². The van der Waals surface area contributed by atoms with Crippen molar-refractivity contribution < 1.29 is 9.59 Å². The summed E-state index contributed by atoms with van der Waals surface area (Å²) in [5, 5.41) is 3.53. The van der Waals surface area contributed by atoms with Gasteiger partial charge < -0.3 is 10.2 Å². The minimum atomic E-state index is -0.563. The van der Waals surface area contributed by atoms with Crippen LogP contribution in [0.1, 0.15) is 37.8 Å². The van der Waals surface area contributed by atoms with Crippen molar-refractivity contribution in [1.29, 1.82) is 0 Å². The Kier molecular flexibility index (Phi) is 7.60. The average Bonchev–Trinajstić information content (AvgIpc) is 2.66. The first-order valence-corrected chi connectivity index (χ1v) is 9.09. The van der Waals surface area contributed by atoms with Crippen LogP contribution in [0.15, 0.2) is 48.8 Å². The second-order valence-electron chi connectivity index (χ2n) is 6.15. The van der Waals surface area contributed by atoms with E-state index in [-0.39, 0.29) is 11.8 Å². The molecule has 0 spiro atoms. The number of carbonyl (C=O) groups is 2. The first-order valence-electron chi connectivity index (χ1n) is 8.71. The molecular weight excluding hydrogens is 350 g/mol. The molecule has 1 N–H and O–H groups in total. The Morgan fingerprint density at radius 1 is 1.12 bits per heavy atom. The molecule has 6 heteroatoms. The quantitative estimate of drug-likeness (QED) is 0.769. The van der Waals surface area contributed by atoms with Gasteiger partial charge in [-0.1, -0.05) is 30.7 Å². The van der Waals surface area contributed by atoms with Gasteiger partial charge in [-0.05, 0) is 48.7 Å². The van der Waals surface area contributed by atoms with Crippen LogP contribution in [0.2, 0.25) is 5.02 Å². The summed E-state index contributed by atoms with van der Waals surface area (Å²) in [6.45, 7) is 4.49. The highest BCUT2D eigenvalue weighted by Crippen LogP contribution is 2.15. The number of rotatable bonds is 8. The van der Waals surface area contributed by atoms with Crippen LogP contribution in [0.3, 0.4) is 0 Å². The topological polar surface area (TPSA) is 62.3 Å². The Morgan fingerprint density at radius 2 is 1.77 bits per heavy atom. The Bertz CT molecular complexity index is 720. The summed E-state index contributed by atoms with van der Waals surface area (Å²) < 4.78 is 0. The van der Waals surface area contributed by atoms with Crippen molar-refractivity contribution in [2.24, 2.45) is 0 Å². The molecule has 0 fully saturated rings. The molecule has 0 radical (unpaired) electrons. The molecule has 0 saturated carbocycles. The van der Waals surface area contributed by atoms with Crippen LogP contribution in [0, 0.1) is 0 Å². The zero-order valence-electron chi connectivity index (χ0n) is 15.1. The first-order chi connectivity index (χ1) is 12.5. The van der Waals surface area contributed by atoms with Gasteiger partial charge in [-0.15, -0.1) is 0 Å². The predicted molar refractivity (Wildman–Crippen MR) is 102 cm³/mol. The Labute approximate surface area is 159 Å². The third-order valence-electron chi connectivity index (χ3n) is 4.11. The van der Waals surface area contributed by atoms with Crippen molar-refractivity contribution in [2.45, 2.75) is 45.8 Å². The molecule has 2 amide bonds. The van der Waals surface area contributed by atoms with Gasteiger partial charge >= 0.3 is 0 Å². The molecule has 2 rings (SSSR count). The highest BCUT2D eigenvalue weighted by molar-refractivity contribution is 6.30. The van der Waals surface area contributed by atoms with Gasteiger partial charge in [0.25, 0.3) is 0 Å². The zero-order valence-corrected chi connectivity index (χ0v) is 15.9. The van der Waals surface area contributed by atoms with Crippen molar-refractivity contribution in [2.75, 3.05) is 0 Å². The third-order valence-corrected chi connectivity index (χ3v) is 4.37. The highest BCUT2D eigenvalue weighted by atomic mass is 35.5. The summed E-state index contributed by atoms with van der Waals surface area (Å²) in [7, 11) is 0. The molecule has 26 heavy (non-hydrogen) atoms. The van der Waals surface area contributed by atoms with Crippen molar-refractivity contribution >= 4 is 23.4 Å². The largest absolute Gasteiger partial charge is 0.350 e. The number of amides is 2. The Hall–Kier alpha value is -2.40. The van der Waals surface area contributed by atoms with Crippen LogP contribution in [0.25, 0.3) is 0 Å². The molecular formula is C20H24ClN3O2. The molecule has 0 aliphatic carbocycles. The van der Waals surface area contributed by atoms with Crippen molar-refractivity contribution in [3.8, 4) is 0 Å². The number of pyridine rings is 1. The molecule has 0 saturated heterocycles. The van der Waals surface area contributed by atoms with Gasteiger partial charge in [-0.2, -0.15) is 0 Å². The van der Waals surface area contributed by atoms with E-state index in [1.54, 1.807) is 36.4 Å². The lowest BCUT2D eigenvalue weighted by Gasteiger charge is -2.28. The van der Waals surface area contributed by atoms with Gasteiger partial charge in [0, 0.05) is 36.9 Å². The van der Waals surface area contributed by atoms with Gasteiger partial charge in [0.2, 0.25) is 11.8 Å². The number of aromatic nitrogens is 1. The minimum absolute atomic E-state index is 0.0333. The maximum atomic E-state index is 12.6. The number of nitrogens with one attached hydrogen (secondary N) is 1. The van der Waals surface area contributed by atoms with E-state index in [1.165, 1.54) is 0 Å². The third kappa shape index (κ3) is 5.85. The van der Waals surface area contributed by atoms with Crippen LogP contribution < -0.4 is 5.32 Å². The van der Waals surface area contributed by atoms with E-state index in [9.17, 15) is 9.59 Å². The second kappa shape index (κ2) is 9.92. The fourth-order valence-corrected chi connectivity index (χ4v) is 2.69. The lowest BCUT2D eigenvalue weighted by atomic mass is 10.1. The maximum absolute atomic E-state index is 12.6. The van der Waals surface area contributed by atoms with Gasteiger partial charge in [0.1, 0.15) is 6.04 Å². The molecule has 1 aromatic carbocycles. The molecule has 1 aromatic heterocycles. The zero-order chi connectivity index (χ0) is 18.9. The van der Waals surface area contributed by atoms with E-state index >= 15 is 0 Å². The fourth-order valence-electron chi connectivity index (χ4n) is 2.56. The minimum Gasteiger partial charge on any atom is -0.350 e. The lowest BCUT2D eigenvalue weighted by molar-refractivity contribution is -0.140. The number of carbonyl (C=O) groups excluding carboxylic acids is 2. The molecule has 0 bridgehead atoms. The predicted octanol–water partition coefficient (Wildman–Crippen LogP) is 3.57. The molecule has 5 nitrogen and oxygen atoms in total. The van der Waals surface area contributed by atoms with Crippen molar-refractivity contribution in [3.05, 3.63) is 64.9 Å². The van der Waals surface area contributed by atoms with Crippen LogP contribution in [-0.4, -0.2) is 27.7 Å². The van der Waals surface area contributed by atoms with Crippen molar-refractivity contribution in [3.63, 3.8) is 0 Å². The average molecular weight is 374 g/mol. The number of halogens is 1. The summed E-state index contributed by atoms with van der Waals surface area (Å²) in [6.07, 6.45) is 4.52. The van der Waals surface area contributed by atoms with Crippen molar-refractivity contribution in [1.82, 2.24) is 15.2 Å². The molecule has 1 atom stereocenters. The van der Waals surface area contributed by atoms with Gasteiger partial charge in [0.05, 0.1) is 0 Å². The Balaban J connectivity index is 2.05. The van der Waals surface area contributed by atoms with Crippen LogP contribution in [0.4, 0.5) is 0 Å². The van der Waals surface area contributed by atoms with Gasteiger partial charge in [-0.25, -0.2) is 0 Å². The molecule has 0 aliphatic rings. The SMILES string of the molecule is CCCC(=O)N(Cc1ccc(Cl)cc1)[C@@H](C)C(=O)NCc1ccncc1. The number of benzene rings is 1. The number of nitrogens with zero attached hydrogens (tertiary/aromatic N) is 2. The number of hydrogen-bond acceptors (Lipinski definition) is 3. The van der Waals surface area contributed by atoms with Crippen LogP contribution >= 0.6 is 11.6 Å². The van der Waals surface area contributed by atoms with E-state index in [0.717, 1.165) is 17.5 Å². The van der Waals surface area contributed by atoms with Gasteiger partial charge in [0.15, 0.2) is 0 Å². The van der Waals surface area contributed by atoms with E-state index in [0.29, 0.717) is 24.5 Å². The summed E-state index contributed by atoms with van der Waals surface area (Å²) in [4.78, 5) is 30.7. The van der Waals surface area contributed by atoms with Gasteiger partial charge in [-0.3, -0.25) is 14.6 Å². The molecule has 2 aromatic rings.